The quantitative estimate of drug-likeness (QED) is 0.803. The van der Waals surface area contributed by atoms with Crippen molar-refractivity contribution in [1.82, 2.24) is 19.5 Å². The maximum Gasteiger partial charge on any atom is 0.246 e. The van der Waals surface area contributed by atoms with Crippen molar-refractivity contribution in [1.29, 1.82) is 0 Å². The molecule has 0 amide bonds. The summed E-state index contributed by atoms with van der Waals surface area (Å²) in [6.07, 6.45) is 1.74. The van der Waals surface area contributed by atoms with Gasteiger partial charge < -0.3 is 20.3 Å². The Morgan fingerprint density at radius 3 is 2.80 bits per heavy atom. The van der Waals surface area contributed by atoms with E-state index in [0.29, 0.717) is 23.5 Å². The van der Waals surface area contributed by atoms with Gasteiger partial charge in [-0.05, 0) is 13.3 Å². The molecule has 0 fully saturated rings. The predicted octanol–water partition coefficient (Wildman–Crippen LogP) is 0.723. The first-order valence-electron chi connectivity index (χ1n) is 6.41. The first kappa shape index (κ1) is 14.5. The van der Waals surface area contributed by atoms with Gasteiger partial charge in [0.2, 0.25) is 11.8 Å². The second-order valence-corrected chi connectivity index (χ2v) is 4.36. The van der Waals surface area contributed by atoms with E-state index >= 15 is 0 Å². The Morgan fingerprint density at radius 1 is 1.45 bits per heavy atom. The van der Waals surface area contributed by atoms with Crippen LogP contribution < -0.4 is 10.5 Å². The highest BCUT2D eigenvalue weighted by atomic mass is 16.5. The van der Waals surface area contributed by atoms with Crippen molar-refractivity contribution in [3.05, 3.63) is 6.33 Å². The third-order valence-electron chi connectivity index (χ3n) is 3.04. The van der Waals surface area contributed by atoms with Crippen molar-refractivity contribution in [3.8, 4) is 5.88 Å². The molecule has 2 aromatic heterocycles. The highest BCUT2D eigenvalue weighted by Crippen LogP contribution is 2.24. The number of ether oxygens (including phenoxy) is 2. The Kier molecular flexibility index (Phi) is 4.35. The van der Waals surface area contributed by atoms with E-state index in [1.54, 1.807) is 10.9 Å². The van der Waals surface area contributed by atoms with Crippen LogP contribution in [0.25, 0.3) is 11.2 Å². The highest BCUT2D eigenvalue weighted by molar-refractivity contribution is 5.77. The fourth-order valence-electron chi connectivity index (χ4n) is 1.93. The number of aliphatic hydroxyl groups excluding tert-OH is 1. The summed E-state index contributed by atoms with van der Waals surface area (Å²) in [6, 6.07) is 0. The normalized spacial score (nSPS) is 14.4. The number of fused-ring (bicyclic) bond motifs is 1. The topological polar surface area (TPSA) is 108 Å². The number of nitrogen functional groups attached to an aromatic ring is 1. The van der Waals surface area contributed by atoms with Crippen molar-refractivity contribution in [3.63, 3.8) is 0 Å². The number of hydrogen-bond donors (Lipinski definition) is 2. The van der Waals surface area contributed by atoms with Gasteiger partial charge >= 0.3 is 0 Å². The van der Waals surface area contributed by atoms with E-state index in [1.165, 1.54) is 7.11 Å². The monoisotopic (exact) mass is 281 g/mol. The van der Waals surface area contributed by atoms with Gasteiger partial charge in [0, 0.05) is 0 Å². The van der Waals surface area contributed by atoms with E-state index in [0.717, 1.165) is 0 Å². The Labute approximate surface area is 116 Å². The highest BCUT2D eigenvalue weighted by Gasteiger charge is 2.18. The van der Waals surface area contributed by atoms with E-state index in [9.17, 15) is 5.11 Å². The molecule has 0 aliphatic heterocycles. The molecule has 8 heteroatoms. The van der Waals surface area contributed by atoms with Gasteiger partial charge in [0.15, 0.2) is 11.2 Å². The average Bonchev–Trinajstić information content (AvgIpc) is 2.87. The van der Waals surface area contributed by atoms with E-state index < -0.39 is 0 Å². The van der Waals surface area contributed by atoms with Crippen LogP contribution in [0.15, 0.2) is 6.33 Å². The summed E-state index contributed by atoms with van der Waals surface area (Å²) in [5.41, 5.74) is 6.72. The van der Waals surface area contributed by atoms with Crippen molar-refractivity contribution in [2.75, 3.05) is 19.5 Å². The molecule has 0 spiro atoms. The van der Waals surface area contributed by atoms with Crippen LogP contribution in [0.5, 0.6) is 5.88 Å². The second-order valence-electron chi connectivity index (χ2n) is 4.36. The summed E-state index contributed by atoms with van der Waals surface area (Å²) in [5.74, 6) is 0.435. The van der Waals surface area contributed by atoms with Crippen molar-refractivity contribution in [2.45, 2.75) is 32.6 Å². The molecule has 110 valence electrons. The lowest BCUT2D eigenvalue weighted by molar-refractivity contribution is -0.0647. The van der Waals surface area contributed by atoms with Gasteiger partial charge in [-0.25, -0.2) is 4.98 Å². The molecule has 2 rings (SSSR count). The lowest BCUT2D eigenvalue weighted by Crippen LogP contribution is -2.21. The third kappa shape index (κ3) is 2.66. The minimum atomic E-state index is -0.337. The minimum absolute atomic E-state index is 0.0338. The molecule has 0 radical (unpaired) electrons. The number of aromatic nitrogens is 4. The van der Waals surface area contributed by atoms with Crippen molar-refractivity contribution >= 4 is 17.1 Å². The van der Waals surface area contributed by atoms with Gasteiger partial charge in [-0.1, -0.05) is 6.92 Å². The summed E-state index contributed by atoms with van der Waals surface area (Å²) in [6.45, 7) is 3.76. The number of anilines is 1. The van der Waals surface area contributed by atoms with Crippen LogP contribution in [0.3, 0.4) is 0 Å². The summed E-state index contributed by atoms with van der Waals surface area (Å²) in [7, 11) is 1.50. The van der Waals surface area contributed by atoms with Crippen LogP contribution in [0.2, 0.25) is 0 Å². The smallest absolute Gasteiger partial charge is 0.246 e. The summed E-state index contributed by atoms with van der Waals surface area (Å²) < 4.78 is 12.6. The number of hydrogen-bond acceptors (Lipinski definition) is 7. The van der Waals surface area contributed by atoms with Crippen molar-refractivity contribution < 1.29 is 14.6 Å². The van der Waals surface area contributed by atoms with Gasteiger partial charge in [0.05, 0.1) is 26.1 Å². The van der Waals surface area contributed by atoms with Crippen molar-refractivity contribution in [2.24, 2.45) is 0 Å². The molecule has 0 aliphatic rings. The predicted molar refractivity (Wildman–Crippen MR) is 73.2 cm³/mol. The molecule has 2 atom stereocenters. The number of imidazole rings is 1. The van der Waals surface area contributed by atoms with Crippen LogP contribution in [0.1, 0.15) is 26.5 Å². The molecular weight excluding hydrogens is 262 g/mol. The molecule has 0 saturated carbocycles. The zero-order valence-corrected chi connectivity index (χ0v) is 11.8. The molecule has 0 aliphatic carbocycles. The van der Waals surface area contributed by atoms with E-state index in [4.69, 9.17) is 15.2 Å². The van der Waals surface area contributed by atoms with Gasteiger partial charge in [-0.2, -0.15) is 9.97 Å². The molecule has 0 aromatic carbocycles. The maximum absolute atomic E-state index is 9.20. The molecule has 0 bridgehead atoms. The number of nitrogens with two attached hydrogens (primary N) is 1. The average molecular weight is 281 g/mol. The largest absolute Gasteiger partial charge is 0.479 e. The number of methoxy groups -OCH3 is 1. The van der Waals surface area contributed by atoms with Gasteiger partial charge in [0.25, 0.3) is 0 Å². The fraction of sp³-hybridized carbons (Fsp3) is 0.583. The van der Waals surface area contributed by atoms with Crippen LogP contribution in [-0.4, -0.2) is 44.4 Å². The van der Waals surface area contributed by atoms with E-state index in [2.05, 4.69) is 15.0 Å². The zero-order chi connectivity index (χ0) is 14.7. The molecule has 2 aromatic rings. The zero-order valence-electron chi connectivity index (χ0n) is 11.8. The van der Waals surface area contributed by atoms with E-state index in [-0.39, 0.29) is 24.9 Å². The van der Waals surface area contributed by atoms with Crippen LogP contribution in [0, 0.1) is 0 Å². The molecule has 2 unspecified atom stereocenters. The maximum atomic E-state index is 9.20. The fourth-order valence-corrected chi connectivity index (χ4v) is 1.93. The minimum Gasteiger partial charge on any atom is -0.479 e. The SMILES string of the molecule is CCC(CO)OC(C)n1cnc2c(OC)nc(N)nc21. The molecule has 20 heavy (non-hydrogen) atoms. The summed E-state index contributed by atoms with van der Waals surface area (Å²) in [4.78, 5) is 12.4. The van der Waals surface area contributed by atoms with Gasteiger partial charge in [-0.15, -0.1) is 0 Å². The number of rotatable bonds is 6. The van der Waals surface area contributed by atoms with Gasteiger partial charge in [0.1, 0.15) is 6.23 Å². The lowest BCUT2D eigenvalue weighted by Gasteiger charge is -2.20. The molecule has 8 nitrogen and oxygen atoms in total. The standard InChI is InChI=1S/C12H19N5O3/c1-4-8(5-18)20-7(2)17-6-14-9-10(17)15-12(13)16-11(9)19-3/h6-8,18H,4-5H2,1-3H3,(H2,13,15,16). The first-order valence-corrected chi connectivity index (χ1v) is 6.41. The van der Waals surface area contributed by atoms with E-state index in [1.807, 2.05) is 13.8 Å². The Bertz CT molecular complexity index is 582. The molecular formula is C12H19N5O3. The number of aliphatic hydroxyl groups is 1. The van der Waals surface area contributed by atoms with Crippen LogP contribution >= 0.6 is 0 Å². The summed E-state index contributed by atoms with van der Waals surface area (Å²) >= 11 is 0. The first-order chi connectivity index (χ1) is 9.60. The van der Waals surface area contributed by atoms with Gasteiger partial charge in [-0.3, -0.25) is 4.57 Å². The second kappa shape index (κ2) is 6.02. The number of nitrogens with zero attached hydrogens (tertiary/aromatic N) is 4. The lowest BCUT2D eigenvalue weighted by atomic mass is 10.3. The molecule has 2 heterocycles. The Morgan fingerprint density at radius 2 is 2.20 bits per heavy atom. The van der Waals surface area contributed by atoms with Crippen LogP contribution in [-0.2, 0) is 4.74 Å². The Balaban J connectivity index is 2.37. The molecule has 0 saturated heterocycles. The molecule has 3 N–H and O–H groups in total. The summed E-state index contributed by atoms with van der Waals surface area (Å²) in [5, 5.41) is 9.20. The Hall–Kier alpha value is -1.93. The van der Waals surface area contributed by atoms with Crippen LogP contribution in [0.4, 0.5) is 5.95 Å². The third-order valence-corrected chi connectivity index (χ3v) is 3.04.